The molecule has 2 aliphatic rings. The van der Waals surface area contributed by atoms with Crippen molar-refractivity contribution in [3.05, 3.63) is 6.42 Å². The summed E-state index contributed by atoms with van der Waals surface area (Å²) in [6.45, 7) is 0. The molecule has 0 atom stereocenters. The van der Waals surface area contributed by atoms with Crippen LogP contribution in [-0.4, -0.2) is 5.78 Å². The zero-order chi connectivity index (χ0) is 6.97. The Morgan fingerprint density at radius 3 is 2.30 bits per heavy atom. The lowest BCUT2D eigenvalue weighted by Crippen LogP contribution is -2.22. The lowest BCUT2D eigenvalue weighted by molar-refractivity contribution is -0.122. The second kappa shape index (κ2) is 2.37. The molecule has 1 nitrogen and oxygen atoms in total. The lowest BCUT2D eigenvalue weighted by Gasteiger charge is -2.23. The van der Waals surface area contributed by atoms with Crippen LogP contribution in [0.2, 0.25) is 0 Å². The van der Waals surface area contributed by atoms with Crippen molar-refractivity contribution >= 4 is 5.78 Å². The van der Waals surface area contributed by atoms with Crippen LogP contribution in [0.3, 0.4) is 0 Å². The van der Waals surface area contributed by atoms with Crippen LogP contribution < -0.4 is 0 Å². The van der Waals surface area contributed by atoms with Crippen LogP contribution in [0.4, 0.5) is 0 Å². The van der Waals surface area contributed by atoms with E-state index in [1.54, 1.807) is 0 Å². The van der Waals surface area contributed by atoms with Crippen molar-refractivity contribution in [2.24, 2.45) is 11.8 Å². The van der Waals surface area contributed by atoms with Gasteiger partial charge in [0.05, 0.1) is 0 Å². The van der Waals surface area contributed by atoms with Gasteiger partial charge in [-0.2, -0.15) is 0 Å². The molecule has 0 aromatic rings. The van der Waals surface area contributed by atoms with E-state index in [0.29, 0.717) is 17.6 Å². The number of hydrogen-bond acceptors (Lipinski definition) is 1. The lowest BCUT2D eigenvalue weighted by atomic mass is 9.80. The third-order valence-corrected chi connectivity index (χ3v) is 2.53. The molecule has 1 radical (unpaired) electrons. The highest BCUT2D eigenvalue weighted by molar-refractivity contribution is 5.90. The summed E-state index contributed by atoms with van der Waals surface area (Å²) < 4.78 is 0. The smallest absolute Gasteiger partial charge is 0.140 e. The molecule has 0 unspecified atom stereocenters. The maximum Gasteiger partial charge on any atom is 0.140 e. The summed E-state index contributed by atoms with van der Waals surface area (Å²) >= 11 is 0. The summed E-state index contributed by atoms with van der Waals surface area (Å²) in [6.07, 6.45) is 8.07. The predicted octanol–water partition coefficient (Wildman–Crippen LogP) is 1.97. The van der Waals surface area contributed by atoms with Gasteiger partial charge in [0.2, 0.25) is 0 Å². The van der Waals surface area contributed by atoms with E-state index < -0.39 is 0 Å². The SMILES string of the molecule is O=C([CH]C1CC1)C1CCC1. The van der Waals surface area contributed by atoms with Crippen LogP contribution in [0.5, 0.6) is 0 Å². The molecule has 0 N–H and O–H groups in total. The number of ketones is 1. The molecule has 0 amide bonds. The highest BCUT2D eigenvalue weighted by atomic mass is 16.1. The molecule has 10 heavy (non-hydrogen) atoms. The first-order chi connectivity index (χ1) is 4.86. The summed E-state index contributed by atoms with van der Waals surface area (Å²) in [5.74, 6) is 1.54. The molecule has 0 spiro atoms. The average Bonchev–Trinajstić information content (AvgIpc) is 2.43. The maximum absolute atomic E-state index is 11.2. The van der Waals surface area contributed by atoms with Crippen LogP contribution in [0, 0.1) is 18.3 Å². The second-order valence-electron chi connectivity index (χ2n) is 3.53. The van der Waals surface area contributed by atoms with Crippen molar-refractivity contribution in [2.45, 2.75) is 32.1 Å². The topological polar surface area (TPSA) is 17.1 Å². The van der Waals surface area contributed by atoms with E-state index in [2.05, 4.69) is 0 Å². The highest BCUT2D eigenvalue weighted by Gasteiger charge is 2.31. The summed E-state index contributed by atoms with van der Waals surface area (Å²) in [7, 11) is 0. The Labute approximate surface area is 61.8 Å². The van der Waals surface area contributed by atoms with Gasteiger partial charge in [-0.3, -0.25) is 4.79 Å². The minimum absolute atomic E-state index is 0.431. The van der Waals surface area contributed by atoms with Gasteiger partial charge in [0.15, 0.2) is 0 Å². The number of rotatable bonds is 3. The van der Waals surface area contributed by atoms with E-state index in [9.17, 15) is 4.79 Å². The van der Waals surface area contributed by atoms with Gasteiger partial charge in [0.25, 0.3) is 0 Å². The molecule has 2 fully saturated rings. The van der Waals surface area contributed by atoms with Crippen molar-refractivity contribution in [1.29, 1.82) is 0 Å². The molecular weight excluding hydrogens is 124 g/mol. The number of hydrogen-bond donors (Lipinski definition) is 0. The van der Waals surface area contributed by atoms with E-state index in [4.69, 9.17) is 0 Å². The molecule has 2 aliphatic carbocycles. The average molecular weight is 137 g/mol. The molecule has 2 rings (SSSR count). The Kier molecular flexibility index (Phi) is 1.51. The summed E-state index contributed by atoms with van der Waals surface area (Å²) in [5, 5.41) is 0. The maximum atomic E-state index is 11.2. The molecule has 0 heterocycles. The zero-order valence-corrected chi connectivity index (χ0v) is 6.18. The quantitative estimate of drug-likeness (QED) is 0.581. The summed E-state index contributed by atoms with van der Waals surface area (Å²) in [5.41, 5.74) is 0. The van der Waals surface area contributed by atoms with Crippen LogP contribution >= 0.6 is 0 Å². The van der Waals surface area contributed by atoms with Gasteiger partial charge in [0.1, 0.15) is 5.78 Å². The second-order valence-corrected chi connectivity index (χ2v) is 3.53. The first-order valence-electron chi connectivity index (χ1n) is 4.25. The monoisotopic (exact) mass is 137 g/mol. The Bertz CT molecular complexity index is 143. The van der Waals surface area contributed by atoms with Gasteiger partial charge < -0.3 is 0 Å². The highest BCUT2D eigenvalue weighted by Crippen LogP contribution is 2.36. The molecule has 0 aromatic heterocycles. The molecule has 0 bridgehead atoms. The molecule has 1 heteroatoms. The van der Waals surface area contributed by atoms with E-state index >= 15 is 0 Å². The van der Waals surface area contributed by atoms with Crippen LogP contribution in [0.15, 0.2) is 0 Å². The van der Waals surface area contributed by atoms with Crippen molar-refractivity contribution in [1.82, 2.24) is 0 Å². The minimum atomic E-state index is 0.431. The first-order valence-corrected chi connectivity index (χ1v) is 4.25. The third-order valence-electron chi connectivity index (χ3n) is 2.53. The van der Waals surface area contributed by atoms with Crippen molar-refractivity contribution in [2.75, 3.05) is 0 Å². The van der Waals surface area contributed by atoms with E-state index in [1.165, 1.54) is 19.3 Å². The first kappa shape index (κ1) is 6.38. The molecule has 2 saturated carbocycles. The van der Waals surface area contributed by atoms with Gasteiger partial charge >= 0.3 is 0 Å². The van der Waals surface area contributed by atoms with E-state index in [1.807, 2.05) is 6.42 Å². The van der Waals surface area contributed by atoms with Crippen molar-refractivity contribution < 1.29 is 4.79 Å². The fraction of sp³-hybridized carbons (Fsp3) is 0.778. The zero-order valence-electron chi connectivity index (χ0n) is 6.18. The Hall–Kier alpha value is -0.330. The molecule has 0 saturated heterocycles. The van der Waals surface area contributed by atoms with Crippen molar-refractivity contribution in [3.8, 4) is 0 Å². The Morgan fingerprint density at radius 2 is 1.90 bits per heavy atom. The summed E-state index contributed by atoms with van der Waals surface area (Å²) in [4.78, 5) is 11.2. The van der Waals surface area contributed by atoms with E-state index in [-0.39, 0.29) is 0 Å². The van der Waals surface area contributed by atoms with Gasteiger partial charge in [-0.25, -0.2) is 0 Å². The van der Waals surface area contributed by atoms with Gasteiger partial charge in [-0.05, 0) is 31.6 Å². The van der Waals surface area contributed by atoms with Crippen LogP contribution in [-0.2, 0) is 4.79 Å². The van der Waals surface area contributed by atoms with Crippen molar-refractivity contribution in [3.63, 3.8) is 0 Å². The number of carbonyl (C=O) groups excluding carboxylic acids is 1. The Morgan fingerprint density at radius 1 is 1.20 bits per heavy atom. The molecule has 55 valence electrons. The predicted molar refractivity (Wildman–Crippen MR) is 39.4 cm³/mol. The third kappa shape index (κ3) is 1.23. The number of Topliss-reactive ketones (excluding diaryl/α,β-unsaturated/α-hetero) is 1. The fourth-order valence-corrected chi connectivity index (χ4v) is 1.32. The molecule has 0 aromatic carbocycles. The minimum Gasteiger partial charge on any atom is -0.299 e. The normalized spacial score (nSPS) is 26.0. The molecular formula is C9H13O. The van der Waals surface area contributed by atoms with Crippen LogP contribution in [0.1, 0.15) is 32.1 Å². The molecule has 0 aliphatic heterocycles. The van der Waals surface area contributed by atoms with Gasteiger partial charge in [-0.1, -0.05) is 6.42 Å². The van der Waals surface area contributed by atoms with Gasteiger partial charge in [0, 0.05) is 12.3 Å². The van der Waals surface area contributed by atoms with Crippen LogP contribution in [0.25, 0.3) is 0 Å². The Balaban J connectivity index is 1.74. The van der Waals surface area contributed by atoms with E-state index in [0.717, 1.165) is 12.8 Å². The van der Waals surface area contributed by atoms with Gasteiger partial charge in [-0.15, -0.1) is 0 Å². The fourth-order valence-electron chi connectivity index (χ4n) is 1.32. The standard InChI is InChI=1S/C9H13O/c10-9(6-7-4-5-7)8-2-1-3-8/h6-8H,1-5H2. The largest absolute Gasteiger partial charge is 0.299 e. The number of carbonyl (C=O) groups is 1. The summed E-state index contributed by atoms with van der Waals surface area (Å²) in [6, 6.07) is 0.